The van der Waals surface area contributed by atoms with Gasteiger partial charge in [-0.3, -0.25) is 0 Å². The molecule has 0 radical (unpaired) electrons. The molecule has 0 aliphatic carbocycles. The number of nitrogens with one attached hydrogen (secondary N) is 1. The predicted molar refractivity (Wildman–Crippen MR) is 76.8 cm³/mol. The van der Waals surface area contributed by atoms with Gasteiger partial charge in [0, 0.05) is 12.5 Å². The molecule has 0 saturated carbocycles. The van der Waals surface area contributed by atoms with E-state index in [9.17, 15) is 0 Å². The molecule has 18 heavy (non-hydrogen) atoms. The lowest BCUT2D eigenvalue weighted by Gasteiger charge is -2.17. The molecule has 0 heterocycles. The van der Waals surface area contributed by atoms with Crippen LogP contribution in [0, 0.1) is 11.8 Å². The van der Waals surface area contributed by atoms with Gasteiger partial charge < -0.3 is 10.1 Å². The zero-order valence-corrected chi connectivity index (χ0v) is 11.6. The largest absolute Gasteiger partial charge is 0.497 e. The Morgan fingerprint density at radius 1 is 1.28 bits per heavy atom. The molecular formula is C16H23NO. The van der Waals surface area contributed by atoms with Gasteiger partial charge in [0.2, 0.25) is 0 Å². The second kappa shape index (κ2) is 8.60. The number of hydrogen-bond donors (Lipinski definition) is 1. The molecule has 1 atom stereocenters. The first-order chi connectivity index (χ1) is 8.80. The van der Waals surface area contributed by atoms with Crippen molar-refractivity contribution in [3.8, 4) is 17.6 Å². The van der Waals surface area contributed by atoms with E-state index in [1.54, 1.807) is 7.11 Å². The van der Waals surface area contributed by atoms with E-state index in [1.807, 2.05) is 19.1 Å². The predicted octanol–water partition coefficient (Wildman–Crippen LogP) is 3.02. The molecule has 2 heteroatoms. The minimum atomic E-state index is 0.504. The number of likely N-dealkylation sites (N-methyl/N-ethyl adjacent to an activating group) is 1. The maximum Gasteiger partial charge on any atom is 0.118 e. The highest BCUT2D eigenvalue weighted by molar-refractivity contribution is 5.27. The molecule has 0 aliphatic rings. The van der Waals surface area contributed by atoms with Gasteiger partial charge in [-0.1, -0.05) is 19.1 Å². The average Bonchev–Trinajstić information content (AvgIpc) is 2.40. The van der Waals surface area contributed by atoms with Crippen LogP contribution in [-0.4, -0.2) is 19.7 Å². The summed E-state index contributed by atoms with van der Waals surface area (Å²) < 4.78 is 5.17. The standard InChI is InChI=1S/C16H23NO/c1-4-6-7-8-15(17-5-2)13-14-9-11-16(18-3)12-10-14/h9-12,15,17H,5,7-8,13H2,1-3H3. The van der Waals surface area contributed by atoms with Crippen molar-refractivity contribution in [3.05, 3.63) is 29.8 Å². The normalized spacial score (nSPS) is 11.5. The third-order valence-electron chi connectivity index (χ3n) is 2.93. The molecule has 2 nitrogen and oxygen atoms in total. The third-order valence-corrected chi connectivity index (χ3v) is 2.93. The van der Waals surface area contributed by atoms with Crippen LogP contribution < -0.4 is 10.1 Å². The van der Waals surface area contributed by atoms with Gasteiger partial charge in [-0.15, -0.1) is 11.8 Å². The van der Waals surface area contributed by atoms with E-state index >= 15 is 0 Å². The second-order valence-corrected chi connectivity index (χ2v) is 4.27. The Hall–Kier alpha value is -1.46. The monoisotopic (exact) mass is 245 g/mol. The molecule has 98 valence electrons. The zero-order chi connectivity index (χ0) is 13.2. The molecule has 0 bridgehead atoms. The number of benzene rings is 1. The van der Waals surface area contributed by atoms with E-state index in [2.05, 4.69) is 36.2 Å². The summed E-state index contributed by atoms with van der Waals surface area (Å²) in [6.45, 7) is 5.04. The molecule has 0 saturated heterocycles. The summed E-state index contributed by atoms with van der Waals surface area (Å²) in [5, 5.41) is 3.52. The second-order valence-electron chi connectivity index (χ2n) is 4.27. The summed E-state index contributed by atoms with van der Waals surface area (Å²) in [4.78, 5) is 0. The van der Waals surface area contributed by atoms with Crippen LogP contribution in [0.4, 0.5) is 0 Å². The molecule has 0 amide bonds. The Balaban J connectivity index is 2.54. The fraction of sp³-hybridized carbons (Fsp3) is 0.500. The highest BCUT2D eigenvalue weighted by atomic mass is 16.5. The average molecular weight is 245 g/mol. The lowest BCUT2D eigenvalue weighted by Crippen LogP contribution is -2.30. The van der Waals surface area contributed by atoms with E-state index in [0.717, 1.165) is 31.6 Å². The summed E-state index contributed by atoms with van der Waals surface area (Å²) in [5.41, 5.74) is 1.34. The molecule has 0 aliphatic heterocycles. The molecule has 1 aromatic carbocycles. The molecule has 0 aromatic heterocycles. The van der Waals surface area contributed by atoms with E-state index in [-0.39, 0.29) is 0 Å². The van der Waals surface area contributed by atoms with Gasteiger partial charge in [0.15, 0.2) is 0 Å². The molecular weight excluding hydrogens is 222 g/mol. The van der Waals surface area contributed by atoms with Crippen LogP contribution in [0.5, 0.6) is 5.75 Å². The first-order valence-electron chi connectivity index (χ1n) is 6.56. The van der Waals surface area contributed by atoms with Crippen LogP contribution >= 0.6 is 0 Å². The molecule has 1 unspecified atom stereocenters. The highest BCUT2D eigenvalue weighted by Gasteiger charge is 2.07. The quantitative estimate of drug-likeness (QED) is 0.746. The van der Waals surface area contributed by atoms with Crippen molar-refractivity contribution < 1.29 is 4.74 Å². The smallest absolute Gasteiger partial charge is 0.118 e. The summed E-state index contributed by atoms with van der Waals surface area (Å²) in [7, 11) is 1.69. The molecule has 1 rings (SSSR count). The van der Waals surface area contributed by atoms with Crippen LogP contribution in [0.3, 0.4) is 0 Å². The minimum absolute atomic E-state index is 0.504. The maximum absolute atomic E-state index is 5.17. The number of rotatable bonds is 7. The van der Waals surface area contributed by atoms with Crippen LogP contribution in [-0.2, 0) is 6.42 Å². The summed E-state index contributed by atoms with van der Waals surface area (Å²) >= 11 is 0. The van der Waals surface area contributed by atoms with Gasteiger partial charge >= 0.3 is 0 Å². The Morgan fingerprint density at radius 3 is 2.56 bits per heavy atom. The van der Waals surface area contributed by atoms with Crippen molar-refractivity contribution in [2.45, 2.75) is 39.2 Å². The maximum atomic E-state index is 5.17. The summed E-state index contributed by atoms with van der Waals surface area (Å²) in [6, 6.07) is 8.81. The van der Waals surface area contributed by atoms with Crippen molar-refractivity contribution in [1.82, 2.24) is 5.32 Å². The van der Waals surface area contributed by atoms with Gasteiger partial charge in [-0.25, -0.2) is 0 Å². The lowest BCUT2D eigenvalue weighted by molar-refractivity contribution is 0.414. The molecule has 0 spiro atoms. The third kappa shape index (κ3) is 5.25. The van der Waals surface area contributed by atoms with E-state index < -0.39 is 0 Å². The highest BCUT2D eigenvalue weighted by Crippen LogP contribution is 2.14. The van der Waals surface area contributed by atoms with Crippen molar-refractivity contribution in [3.63, 3.8) is 0 Å². The van der Waals surface area contributed by atoms with Gasteiger partial charge in [-0.05, 0) is 44.0 Å². The van der Waals surface area contributed by atoms with Gasteiger partial charge in [0.25, 0.3) is 0 Å². The van der Waals surface area contributed by atoms with Gasteiger partial charge in [0.05, 0.1) is 7.11 Å². The molecule has 0 fully saturated rings. The van der Waals surface area contributed by atoms with Crippen LogP contribution in [0.1, 0.15) is 32.3 Å². The van der Waals surface area contributed by atoms with E-state index in [4.69, 9.17) is 4.74 Å². The van der Waals surface area contributed by atoms with Crippen LogP contribution in [0.2, 0.25) is 0 Å². The van der Waals surface area contributed by atoms with Crippen molar-refractivity contribution >= 4 is 0 Å². The van der Waals surface area contributed by atoms with Gasteiger partial charge in [-0.2, -0.15) is 0 Å². The van der Waals surface area contributed by atoms with Crippen molar-refractivity contribution in [2.24, 2.45) is 0 Å². The number of hydrogen-bond acceptors (Lipinski definition) is 2. The summed E-state index contributed by atoms with van der Waals surface area (Å²) in [6.07, 6.45) is 3.11. The van der Waals surface area contributed by atoms with E-state index in [0.29, 0.717) is 6.04 Å². The Bertz CT molecular complexity index is 386. The van der Waals surface area contributed by atoms with Crippen molar-refractivity contribution in [1.29, 1.82) is 0 Å². The lowest BCUT2D eigenvalue weighted by atomic mass is 10.0. The Morgan fingerprint density at radius 2 is 2.00 bits per heavy atom. The first-order valence-corrected chi connectivity index (χ1v) is 6.56. The van der Waals surface area contributed by atoms with Crippen molar-refractivity contribution in [2.75, 3.05) is 13.7 Å². The van der Waals surface area contributed by atoms with Crippen LogP contribution in [0.15, 0.2) is 24.3 Å². The first kappa shape index (κ1) is 14.6. The number of methoxy groups -OCH3 is 1. The van der Waals surface area contributed by atoms with E-state index in [1.165, 1.54) is 5.56 Å². The fourth-order valence-electron chi connectivity index (χ4n) is 1.98. The minimum Gasteiger partial charge on any atom is -0.497 e. The SMILES string of the molecule is CC#CCCC(Cc1ccc(OC)cc1)NCC. The zero-order valence-electron chi connectivity index (χ0n) is 11.6. The Labute approximate surface area is 111 Å². The Kier molecular flexibility index (Phi) is 6.98. The van der Waals surface area contributed by atoms with Gasteiger partial charge in [0.1, 0.15) is 5.75 Å². The van der Waals surface area contributed by atoms with Crippen LogP contribution in [0.25, 0.3) is 0 Å². The number of ether oxygens (including phenoxy) is 1. The fourth-order valence-corrected chi connectivity index (χ4v) is 1.98. The summed E-state index contributed by atoms with van der Waals surface area (Å²) in [5.74, 6) is 6.99. The molecule has 1 N–H and O–H groups in total. The molecule has 1 aromatic rings. The topological polar surface area (TPSA) is 21.3 Å².